The monoisotopic (exact) mass is 334 g/mol. The van der Waals surface area contributed by atoms with Crippen LogP contribution in [0.25, 0.3) is 0 Å². The van der Waals surface area contributed by atoms with Gasteiger partial charge < -0.3 is 5.32 Å². The fraction of sp³-hybridized carbons (Fsp3) is 0.0714. The van der Waals surface area contributed by atoms with Gasteiger partial charge in [-0.25, -0.2) is 0 Å². The average Bonchev–Trinajstić information content (AvgIpc) is 2.37. The van der Waals surface area contributed by atoms with E-state index in [4.69, 9.17) is 0 Å². The molecule has 0 heterocycles. The number of carbonyl (C=O) groups excluding carboxylic acids is 1. The molecule has 0 atom stereocenters. The number of aryl methyl sites for hydroxylation is 1. The zero-order chi connectivity index (χ0) is 14.7. The Kier molecular flexibility index (Phi) is 4.14. The molecule has 0 aliphatic carbocycles. The quantitative estimate of drug-likeness (QED) is 0.683. The molecule has 102 valence electrons. The first-order chi connectivity index (χ1) is 9.45. The molecular formula is C14H11BrN2O3. The molecule has 2 aromatic rings. The van der Waals surface area contributed by atoms with E-state index < -0.39 is 4.92 Å². The first kappa shape index (κ1) is 14.2. The summed E-state index contributed by atoms with van der Waals surface area (Å²) in [5, 5.41) is 13.3. The van der Waals surface area contributed by atoms with Crippen molar-refractivity contribution in [2.75, 3.05) is 5.32 Å². The maximum Gasteiger partial charge on any atom is 0.271 e. The molecule has 0 unspecified atom stereocenters. The van der Waals surface area contributed by atoms with E-state index in [0.29, 0.717) is 11.3 Å². The second-order valence-electron chi connectivity index (χ2n) is 4.28. The summed E-state index contributed by atoms with van der Waals surface area (Å²) in [6.07, 6.45) is 0. The Morgan fingerprint density at radius 2 is 2.00 bits per heavy atom. The molecule has 0 spiro atoms. The third-order valence-corrected chi connectivity index (χ3v) is 3.08. The van der Waals surface area contributed by atoms with Gasteiger partial charge in [0.15, 0.2) is 0 Å². The lowest BCUT2D eigenvalue weighted by Gasteiger charge is -2.06. The van der Waals surface area contributed by atoms with Gasteiger partial charge in [0.2, 0.25) is 0 Å². The predicted octanol–water partition coefficient (Wildman–Crippen LogP) is 3.92. The van der Waals surface area contributed by atoms with Gasteiger partial charge in [-0.05, 0) is 36.8 Å². The zero-order valence-electron chi connectivity index (χ0n) is 10.6. The lowest BCUT2D eigenvalue weighted by molar-refractivity contribution is -0.384. The number of halogens is 1. The van der Waals surface area contributed by atoms with Crippen molar-refractivity contribution in [3.05, 3.63) is 68.2 Å². The third kappa shape index (κ3) is 3.42. The molecule has 1 amide bonds. The van der Waals surface area contributed by atoms with Crippen molar-refractivity contribution in [2.45, 2.75) is 6.92 Å². The standard InChI is InChI=1S/C14H11BrN2O3/c1-9-5-10(7-11(15)6-9)14(18)16-12-3-2-4-13(8-12)17(19)20/h2-8H,1H3,(H,16,18). The van der Waals surface area contributed by atoms with E-state index in [0.717, 1.165) is 10.0 Å². The maximum atomic E-state index is 12.1. The fourth-order valence-corrected chi connectivity index (χ4v) is 2.38. The lowest BCUT2D eigenvalue weighted by atomic mass is 10.1. The van der Waals surface area contributed by atoms with Gasteiger partial charge in [0.05, 0.1) is 4.92 Å². The van der Waals surface area contributed by atoms with Crippen LogP contribution in [0.4, 0.5) is 11.4 Å². The molecule has 5 nitrogen and oxygen atoms in total. The van der Waals surface area contributed by atoms with E-state index in [1.165, 1.54) is 18.2 Å². The van der Waals surface area contributed by atoms with E-state index in [2.05, 4.69) is 21.2 Å². The molecule has 20 heavy (non-hydrogen) atoms. The van der Waals surface area contributed by atoms with Gasteiger partial charge in [0, 0.05) is 27.9 Å². The van der Waals surface area contributed by atoms with Crippen molar-refractivity contribution in [1.82, 2.24) is 0 Å². The minimum Gasteiger partial charge on any atom is -0.322 e. The number of amides is 1. The van der Waals surface area contributed by atoms with Crippen LogP contribution < -0.4 is 5.32 Å². The smallest absolute Gasteiger partial charge is 0.271 e. The van der Waals surface area contributed by atoms with Crippen LogP contribution >= 0.6 is 15.9 Å². The van der Waals surface area contributed by atoms with Crippen LogP contribution in [0.2, 0.25) is 0 Å². The number of benzene rings is 2. The minimum atomic E-state index is -0.501. The van der Waals surface area contributed by atoms with Crippen molar-refractivity contribution < 1.29 is 9.72 Å². The van der Waals surface area contributed by atoms with Crippen LogP contribution in [0.5, 0.6) is 0 Å². The van der Waals surface area contributed by atoms with Crippen molar-refractivity contribution in [3.8, 4) is 0 Å². The van der Waals surface area contributed by atoms with Gasteiger partial charge in [-0.3, -0.25) is 14.9 Å². The summed E-state index contributed by atoms with van der Waals surface area (Å²) in [7, 11) is 0. The molecule has 0 radical (unpaired) electrons. The molecule has 0 aromatic heterocycles. The summed E-state index contributed by atoms with van der Waals surface area (Å²) < 4.78 is 0.807. The largest absolute Gasteiger partial charge is 0.322 e. The SMILES string of the molecule is Cc1cc(Br)cc(C(=O)Nc2cccc([N+](=O)[O-])c2)c1. The highest BCUT2D eigenvalue weighted by Crippen LogP contribution is 2.19. The van der Waals surface area contributed by atoms with Crippen LogP contribution in [0.3, 0.4) is 0 Å². The second-order valence-corrected chi connectivity index (χ2v) is 5.19. The van der Waals surface area contributed by atoms with Gasteiger partial charge in [-0.1, -0.05) is 22.0 Å². The fourth-order valence-electron chi connectivity index (χ4n) is 1.77. The molecule has 1 N–H and O–H groups in total. The number of hydrogen-bond acceptors (Lipinski definition) is 3. The number of anilines is 1. The number of nitro groups is 1. The van der Waals surface area contributed by atoms with Gasteiger partial charge in [0.1, 0.15) is 0 Å². The molecule has 0 saturated heterocycles. The van der Waals surface area contributed by atoms with Crippen molar-refractivity contribution >= 4 is 33.2 Å². The molecule has 0 saturated carbocycles. The molecular weight excluding hydrogens is 324 g/mol. The van der Waals surface area contributed by atoms with Crippen molar-refractivity contribution in [2.24, 2.45) is 0 Å². The topological polar surface area (TPSA) is 72.2 Å². The predicted molar refractivity (Wildman–Crippen MR) is 79.9 cm³/mol. The molecule has 6 heteroatoms. The summed E-state index contributed by atoms with van der Waals surface area (Å²) in [4.78, 5) is 22.3. The molecule has 2 aromatic carbocycles. The summed E-state index contributed by atoms with van der Waals surface area (Å²) in [5.41, 5.74) is 1.77. The minimum absolute atomic E-state index is 0.0618. The molecule has 0 bridgehead atoms. The number of non-ortho nitro benzene ring substituents is 1. The number of hydrogen-bond donors (Lipinski definition) is 1. The van der Waals surface area contributed by atoms with Crippen molar-refractivity contribution in [3.63, 3.8) is 0 Å². The highest BCUT2D eigenvalue weighted by Gasteiger charge is 2.10. The van der Waals surface area contributed by atoms with Crippen LogP contribution in [0, 0.1) is 17.0 Å². The van der Waals surface area contributed by atoms with E-state index >= 15 is 0 Å². The van der Waals surface area contributed by atoms with Gasteiger partial charge in [-0.15, -0.1) is 0 Å². The molecule has 0 aliphatic rings. The normalized spacial score (nSPS) is 10.1. The highest BCUT2D eigenvalue weighted by atomic mass is 79.9. The Morgan fingerprint density at radius 3 is 2.65 bits per heavy atom. The van der Waals surface area contributed by atoms with E-state index in [-0.39, 0.29) is 11.6 Å². The number of carbonyl (C=O) groups is 1. The molecule has 0 fully saturated rings. The van der Waals surface area contributed by atoms with Gasteiger partial charge in [-0.2, -0.15) is 0 Å². The van der Waals surface area contributed by atoms with Gasteiger partial charge in [0.25, 0.3) is 11.6 Å². The van der Waals surface area contributed by atoms with Gasteiger partial charge >= 0.3 is 0 Å². The number of rotatable bonds is 3. The second kappa shape index (κ2) is 5.83. The summed E-state index contributed by atoms with van der Waals surface area (Å²) >= 11 is 3.33. The number of nitro benzene ring substituents is 1. The number of nitrogens with one attached hydrogen (secondary N) is 1. The van der Waals surface area contributed by atoms with Crippen LogP contribution in [-0.2, 0) is 0 Å². The Balaban J connectivity index is 2.23. The average molecular weight is 335 g/mol. The zero-order valence-corrected chi connectivity index (χ0v) is 12.2. The maximum absolute atomic E-state index is 12.1. The van der Waals surface area contributed by atoms with E-state index in [1.54, 1.807) is 18.2 Å². The summed E-state index contributed by atoms with van der Waals surface area (Å²) in [6.45, 7) is 1.88. The van der Waals surface area contributed by atoms with Crippen LogP contribution in [0.1, 0.15) is 15.9 Å². The lowest BCUT2D eigenvalue weighted by Crippen LogP contribution is -2.12. The first-order valence-electron chi connectivity index (χ1n) is 5.79. The Bertz CT molecular complexity index is 666. The van der Waals surface area contributed by atoms with E-state index in [1.807, 2.05) is 13.0 Å². The number of nitrogens with zero attached hydrogens (tertiary/aromatic N) is 1. The van der Waals surface area contributed by atoms with E-state index in [9.17, 15) is 14.9 Å². The Morgan fingerprint density at radius 1 is 1.25 bits per heavy atom. The van der Waals surface area contributed by atoms with Crippen LogP contribution in [0.15, 0.2) is 46.9 Å². The Hall–Kier alpha value is -2.21. The third-order valence-electron chi connectivity index (χ3n) is 2.62. The van der Waals surface area contributed by atoms with Crippen LogP contribution in [-0.4, -0.2) is 10.8 Å². The molecule has 2 rings (SSSR count). The first-order valence-corrected chi connectivity index (χ1v) is 6.58. The Labute approximate surface area is 123 Å². The highest BCUT2D eigenvalue weighted by molar-refractivity contribution is 9.10. The summed E-state index contributed by atoms with van der Waals surface area (Å²) in [5.74, 6) is -0.310. The summed E-state index contributed by atoms with van der Waals surface area (Å²) in [6, 6.07) is 11.2. The molecule has 0 aliphatic heterocycles. The van der Waals surface area contributed by atoms with Crippen molar-refractivity contribution in [1.29, 1.82) is 0 Å².